The Kier molecular flexibility index (Phi) is 13.5. The maximum absolute atomic E-state index is 10.4. The van der Waals surface area contributed by atoms with Crippen LogP contribution in [0.1, 0.15) is 0 Å². The Balaban J connectivity index is -0.0000000800. The molecule has 0 amide bonds. The van der Waals surface area contributed by atoms with Gasteiger partial charge < -0.3 is 0 Å². The first-order valence-electron chi connectivity index (χ1n) is 0.752. The topological polar surface area (TPSA) is 57.5 Å². The van der Waals surface area contributed by atoms with Crippen molar-refractivity contribution in [3.8, 4) is 0 Å². The Morgan fingerprint density at radius 2 is 1.43 bits per heavy atom. The van der Waals surface area contributed by atoms with E-state index in [4.69, 9.17) is 14.4 Å². The molecule has 0 aliphatic carbocycles. The Bertz CT molecular complexity index is 61.1. The first kappa shape index (κ1) is 15.9. The molecule has 0 unspecified atom stereocenters. The van der Waals surface area contributed by atoms with Gasteiger partial charge in [0.05, 0.1) is 0 Å². The van der Waals surface area contributed by atoms with E-state index < -0.39 is 7.91 Å². The van der Waals surface area contributed by atoms with Crippen LogP contribution >= 0.6 is 7.91 Å². The Morgan fingerprint density at radius 3 is 1.43 bits per heavy atom. The zero-order chi connectivity index (χ0) is 4.50. The van der Waals surface area contributed by atoms with Crippen molar-refractivity contribution in [2.45, 2.75) is 0 Å². The minimum atomic E-state index is -5.14. The predicted octanol–water partition coefficient (Wildman–Crippen LogP) is -1.78. The molecular weight excluding hydrogens is 424 g/mol. The molecule has 7 heavy (non-hydrogen) atoms. The predicted molar refractivity (Wildman–Crippen MR) is 30.2 cm³/mol. The Morgan fingerprint density at radius 1 is 1.43 bits per heavy atom. The van der Waals surface area contributed by atoms with Gasteiger partial charge in [-0.25, -0.2) is 4.57 Å². The molecule has 0 aliphatic rings. The molecular formula is H6FO3PPbSn. The van der Waals surface area contributed by atoms with Crippen LogP contribution in [-0.4, -0.2) is 61.0 Å². The van der Waals surface area contributed by atoms with Crippen molar-refractivity contribution in [2.75, 3.05) is 0 Å². The van der Waals surface area contributed by atoms with E-state index in [9.17, 15) is 4.20 Å². The van der Waals surface area contributed by atoms with Crippen molar-refractivity contribution in [1.29, 1.82) is 0 Å². The van der Waals surface area contributed by atoms with Gasteiger partial charge in [0.1, 0.15) is 0 Å². The van der Waals surface area contributed by atoms with E-state index >= 15 is 0 Å². The quantitative estimate of drug-likeness (QED) is 0.353. The molecule has 3 nitrogen and oxygen atoms in total. The van der Waals surface area contributed by atoms with Crippen LogP contribution < -0.4 is 0 Å². The number of rotatable bonds is 0. The molecule has 0 aromatic carbocycles. The molecule has 44 valence electrons. The SMILES string of the molecule is O=P(O)(O)F.[PbH2].[SnH2]. The zero-order valence-electron chi connectivity index (χ0n) is 3.54. The summed E-state index contributed by atoms with van der Waals surface area (Å²) in [6.45, 7) is 0. The average Bonchev–Trinajstić information content (AvgIpc) is 0.722. The summed E-state index contributed by atoms with van der Waals surface area (Å²) in [5.74, 6) is 0. The minimum absolute atomic E-state index is 0. The van der Waals surface area contributed by atoms with Crippen LogP contribution in [0.25, 0.3) is 0 Å². The third-order valence-electron chi connectivity index (χ3n) is 0. The summed E-state index contributed by atoms with van der Waals surface area (Å²) in [7, 11) is -5.14. The van der Waals surface area contributed by atoms with Crippen LogP contribution in [0.4, 0.5) is 4.20 Å². The monoisotopic (exact) mass is 432 g/mol. The van der Waals surface area contributed by atoms with Crippen molar-refractivity contribution < 1.29 is 18.5 Å². The third kappa shape index (κ3) is 80.9. The van der Waals surface area contributed by atoms with E-state index in [-0.39, 0.29) is 51.2 Å². The molecule has 0 aromatic rings. The van der Waals surface area contributed by atoms with E-state index in [0.29, 0.717) is 0 Å². The molecule has 0 atom stereocenters. The van der Waals surface area contributed by atoms with Crippen LogP contribution in [0.2, 0.25) is 0 Å². The summed E-state index contributed by atoms with van der Waals surface area (Å²) in [6.07, 6.45) is 0. The van der Waals surface area contributed by atoms with Crippen LogP contribution in [0.15, 0.2) is 0 Å². The molecule has 4 radical (unpaired) electrons. The van der Waals surface area contributed by atoms with Crippen LogP contribution in [-0.2, 0) is 4.57 Å². The first-order valence-corrected chi connectivity index (χ1v) is 2.25. The van der Waals surface area contributed by atoms with Crippen molar-refractivity contribution >= 4 is 59.1 Å². The van der Waals surface area contributed by atoms with E-state index in [1.807, 2.05) is 0 Å². The van der Waals surface area contributed by atoms with Gasteiger partial charge >= 0.3 is 59.1 Å². The Labute approximate surface area is 77.1 Å². The fourth-order valence-electron chi connectivity index (χ4n) is 0. The number of hydrogen-bond acceptors (Lipinski definition) is 1. The fourth-order valence-corrected chi connectivity index (χ4v) is 0. The molecule has 0 fully saturated rings. The number of halogens is 1. The van der Waals surface area contributed by atoms with Gasteiger partial charge in [-0.3, -0.25) is 9.79 Å². The van der Waals surface area contributed by atoms with Crippen molar-refractivity contribution in [3.05, 3.63) is 0 Å². The van der Waals surface area contributed by atoms with Gasteiger partial charge in [0, 0.05) is 0 Å². The standard InChI is InChI=1S/FH2O3P.Pb.Sn.4H/c1-5(2,3)4;;;;;;/h(H2,2,3,4);;;;;;. The maximum atomic E-state index is 10.4. The van der Waals surface area contributed by atoms with Crippen molar-refractivity contribution in [2.24, 2.45) is 0 Å². The summed E-state index contributed by atoms with van der Waals surface area (Å²) in [5.41, 5.74) is 0. The molecule has 0 spiro atoms. The summed E-state index contributed by atoms with van der Waals surface area (Å²) >= 11 is 0. The molecule has 2 N–H and O–H groups in total. The van der Waals surface area contributed by atoms with Crippen molar-refractivity contribution in [1.82, 2.24) is 0 Å². The first-order chi connectivity index (χ1) is 2.00. The summed E-state index contributed by atoms with van der Waals surface area (Å²) in [4.78, 5) is 13.9. The molecule has 0 aromatic heterocycles. The zero-order valence-corrected chi connectivity index (χ0v) is 14.0. The molecule has 0 saturated heterocycles. The molecule has 0 bridgehead atoms. The van der Waals surface area contributed by atoms with E-state index in [1.165, 1.54) is 0 Å². The van der Waals surface area contributed by atoms with Crippen LogP contribution in [0.3, 0.4) is 0 Å². The fraction of sp³-hybridized carbons (Fsp3) is 0. The van der Waals surface area contributed by atoms with Crippen molar-refractivity contribution in [3.63, 3.8) is 0 Å². The van der Waals surface area contributed by atoms with Crippen LogP contribution in [0.5, 0.6) is 0 Å². The summed E-state index contributed by atoms with van der Waals surface area (Å²) in [5, 5.41) is 0. The molecule has 0 aliphatic heterocycles. The molecule has 0 rings (SSSR count). The second-order valence-electron chi connectivity index (χ2n) is 0.473. The van der Waals surface area contributed by atoms with Gasteiger partial charge in [0.2, 0.25) is 0 Å². The Hall–Kier alpha value is 1.80. The van der Waals surface area contributed by atoms with Gasteiger partial charge in [0.25, 0.3) is 0 Å². The van der Waals surface area contributed by atoms with Gasteiger partial charge in [-0.05, 0) is 0 Å². The van der Waals surface area contributed by atoms with E-state index in [0.717, 1.165) is 0 Å². The van der Waals surface area contributed by atoms with Gasteiger partial charge in [-0.15, -0.1) is 4.20 Å². The number of hydrogen-bond donors (Lipinski definition) is 2. The molecule has 7 heteroatoms. The summed E-state index contributed by atoms with van der Waals surface area (Å²) in [6, 6.07) is 0. The third-order valence-corrected chi connectivity index (χ3v) is 0. The molecule has 0 heterocycles. The summed E-state index contributed by atoms with van der Waals surface area (Å²) < 4.78 is 19.0. The average molecular weight is 430 g/mol. The van der Waals surface area contributed by atoms with Crippen LogP contribution in [0, 0.1) is 0 Å². The van der Waals surface area contributed by atoms with Gasteiger partial charge in [0.15, 0.2) is 0 Å². The van der Waals surface area contributed by atoms with E-state index in [2.05, 4.69) is 0 Å². The van der Waals surface area contributed by atoms with Gasteiger partial charge in [-0.1, -0.05) is 0 Å². The molecule has 0 saturated carbocycles. The normalized spacial score (nSPS) is 8.43. The second-order valence-corrected chi connectivity index (χ2v) is 1.42. The second kappa shape index (κ2) is 5.93. The van der Waals surface area contributed by atoms with Gasteiger partial charge in [-0.2, -0.15) is 0 Å². The van der Waals surface area contributed by atoms with E-state index in [1.54, 1.807) is 0 Å².